The van der Waals surface area contributed by atoms with E-state index < -0.39 is 6.10 Å². The molecule has 0 rings (SSSR count). The Labute approximate surface area is 475 Å². The van der Waals surface area contributed by atoms with Crippen LogP contribution in [-0.2, 0) is 28.6 Å². The van der Waals surface area contributed by atoms with Gasteiger partial charge in [-0.05, 0) is 135 Å². The highest BCUT2D eigenvalue weighted by molar-refractivity contribution is 5.71. The summed E-state index contributed by atoms with van der Waals surface area (Å²) in [5.74, 6) is -0.925. The van der Waals surface area contributed by atoms with Crippen molar-refractivity contribution in [2.45, 2.75) is 284 Å². The second-order valence-corrected chi connectivity index (χ2v) is 20.6. The van der Waals surface area contributed by atoms with E-state index in [4.69, 9.17) is 14.2 Å². The SMILES string of the molecule is CC/C=C\C/C=C\C/C=C\C/C=C\C/C=C\C/C=C\C/C=C\C/C=C\CCCCCCCCC(=O)OCC(COC(=O)CCCCCCC/C=C\CCCC)OC(=O)CCCCCCCCC/C=C\C/C=C\CCCCC. The van der Waals surface area contributed by atoms with Crippen molar-refractivity contribution in [3.05, 3.63) is 134 Å². The first-order valence-corrected chi connectivity index (χ1v) is 31.7. The Bertz CT molecular complexity index is 1650. The van der Waals surface area contributed by atoms with Crippen molar-refractivity contribution in [1.29, 1.82) is 0 Å². The minimum Gasteiger partial charge on any atom is -0.462 e. The Balaban J connectivity index is 4.32. The third kappa shape index (κ3) is 62.3. The molecule has 0 bridgehead atoms. The first kappa shape index (κ1) is 72.5. The summed E-state index contributed by atoms with van der Waals surface area (Å²) in [6, 6.07) is 0. The molecule has 0 aromatic heterocycles. The topological polar surface area (TPSA) is 78.9 Å². The lowest BCUT2D eigenvalue weighted by molar-refractivity contribution is -0.167. The van der Waals surface area contributed by atoms with E-state index in [-0.39, 0.29) is 31.1 Å². The molecular weight excluding hydrogens is 949 g/mol. The lowest BCUT2D eigenvalue weighted by Gasteiger charge is -2.18. The van der Waals surface area contributed by atoms with Gasteiger partial charge in [0.25, 0.3) is 0 Å². The molecule has 1 atom stereocenters. The fraction of sp³-hybridized carbons (Fsp3) is 0.648. The van der Waals surface area contributed by atoms with Crippen LogP contribution < -0.4 is 0 Å². The molecule has 436 valence electrons. The highest BCUT2D eigenvalue weighted by Gasteiger charge is 2.19. The number of rotatable bonds is 56. The molecule has 77 heavy (non-hydrogen) atoms. The molecular formula is C71H116O6. The molecule has 0 aliphatic carbocycles. The standard InChI is InChI=1S/C71H116O6/c1-4-7-10-13-16-19-22-24-26-28-29-30-31-32-33-34-35-36-37-38-39-40-41-43-44-46-49-52-55-58-61-64-70(73)76-67-68(66-75-69(72)63-60-57-54-51-48-21-18-15-12-9-6-3)77-71(74)65-62-59-56-53-50-47-45-42-27-25-23-20-17-14-11-8-5-2/h7,10,15-20,24-27,29-30,32-33,35-36,38-39,41,43,68H,4-6,8-9,11-14,21-23,28,31,34,37,40,42,44-67H2,1-3H3/b10-7-,18-15-,19-16-,20-17-,26-24-,27-25-,30-29-,33-32-,36-35-,39-38-,43-41-. The monoisotopic (exact) mass is 1060 g/mol. The van der Waals surface area contributed by atoms with Gasteiger partial charge in [0.1, 0.15) is 13.2 Å². The smallest absolute Gasteiger partial charge is 0.306 e. The zero-order chi connectivity index (χ0) is 55.7. The predicted octanol–water partition coefficient (Wildman–Crippen LogP) is 21.8. The van der Waals surface area contributed by atoms with E-state index in [0.717, 1.165) is 148 Å². The third-order valence-electron chi connectivity index (χ3n) is 13.1. The lowest BCUT2D eigenvalue weighted by atomic mass is 10.1. The van der Waals surface area contributed by atoms with Crippen LogP contribution in [0.2, 0.25) is 0 Å². The van der Waals surface area contributed by atoms with E-state index in [9.17, 15) is 14.4 Å². The molecule has 0 N–H and O–H groups in total. The normalized spacial score (nSPS) is 13.0. The summed E-state index contributed by atoms with van der Waals surface area (Å²) in [4.78, 5) is 38.2. The van der Waals surface area contributed by atoms with Crippen LogP contribution in [0.15, 0.2) is 134 Å². The van der Waals surface area contributed by atoms with Crippen LogP contribution in [0.25, 0.3) is 0 Å². The predicted molar refractivity (Wildman–Crippen MR) is 334 cm³/mol. The average molecular weight is 1070 g/mol. The Morgan fingerprint density at radius 3 is 0.844 bits per heavy atom. The number of allylic oxidation sites excluding steroid dienone is 22. The van der Waals surface area contributed by atoms with Gasteiger partial charge < -0.3 is 14.2 Å². The van der Waals surface area contributed by atoms with Gasteiger partial charge in [-0.25, -0.2) is 0 Å². The Hall–Kier alpha value is -4.45. The number of carbonyl (C=O) groups excluding carboxylic acids is 3. The van der Waals surface area contributed by atoms with Crippen molar-refractivity contribution in [3.63, 3.8) is 0 Å². The van der Waals surface area contributed by atoms with Gasteiger partial charge >= 0.3 is 17.9 Å². The van der Waals surface area contributed by atoms with Gasteiger partial charge in [-0.15, -0.1) is 0 Å². The van der Waals surface area contributed by atoms with Crippen molar-refractivity contribution < 1.29 is 28.6 Å². The largest absolute Gasteiger partial charge is 0.462 e. The van der Waals surface area contributed by atoms with Crippen LogP contribution in [0.1, 0.15) is 278 Å². The summed E-state index contributed by atoms with van der Waals surface area (Å²) in [5, 5.41) is 0. The van der Waals surface area contributed by atoms with Gasteiger partial charge in [-0.1, -0.05) is 257 Å². The van der Waals surface area contributed by atoms with Gasteiger partial charge in [-0.3, -0.25) is 14.4 Å². The lowest BCUT2D eigenvalue weighted by Crippen LogP contribution is -2.30. The summed E-state index contributed by atoms with van der Waals surface area (Å²) in [6.07, 6.45) is 90.3. The summed E-state index contributed by atoms with van der Waals surface area (Å²) >= 11 is 0. The number of carbonyl (C=O) groups is 3. The molecule has 6 nitrogen and oxygen atoms in total. The number of ether oxygens (including phenoxy) is 3. The molecule has 0 amide bonds. The van der Waals surface area contributed by atoms with Crippen LogP contribution >= 0.6 is 0 Å². The van der Waals surface area contributed by atoms with E-state index in [1.54, 1.807) is 0 Å². The zero-order valence-electron chi connectivity index (χ0n) is 49.9. The van der Waals surface area contributed by atoms with Crippen LogP contribution in [-0.4, -0.2) is 37.2 Å². The minimum atomic E-state index is -0.796. The van der Waals surface area contributed by atoms with Gasteiger partial charge in [0, 0.05) is 19.3 Å². The number of unbranched alkanes of at least 4 members (excludes halogenated alkanes) is 23. The van der Waals surface area contributed by atoms with Gasteiger partial charge in [0.15, 0.2) is 6.10 Å². The fourth-order valence-corrected chi connectivity index (χ4v) is 8.35. The van der Waals surface area contributed by atoms with Crippen LogP contribution in [0, 0.1) is 0 Å². The summed E-state index contributed by atoms with van der Waals surface area (Å²) in [6.45, 7) is 6.44. The van der Waals surface area contributed by atoms with Crippen molar-refractivity contribution in [1.82, 2.24) is 0 Å². The maximum atomic E-state index is 12.9. The van der Waals surface area contributed by atoms with E-state index in [2.05, 4.69) is 154 Å². The number of hydrogen-bond acceptors (Lipinski definition) is 6. The van der Waals surface area contributed by atoms with Gasteiger partial charge in [0.05, 0.1) is 0 Å². The first-order chi connectivity index (χ1) is 38.0. The van der Waals surface area contributed by atoms with Crippen molar-refractivity contribution >= 4 is 17.9 Å². The molecule has 0 radical (unpaired) electrons. The van der Waals surface area contributed by atoms with Crippen LogP contribution in [0.5, 0.6) is 0 Å². The van der Waals surface area contributed by atoms with Crippen molar-refractivity contribution in [2.24, 2.45) is 0 Å². The highest BCUT2D eigenvalue weighted by atomic mass is 16.6. The van der Waals surface area contributed by atoms with E-state index >= 15 is 0 Å². The molecule has 0 aliphatic rings. The Morgan fingerprint density at radius 1 is 0.273 bits per heavy atom. The molecule has 0 heterocycles. The van der Waals surface area contributed by atoms with Crippen LogP contribution in [0.4, 0.5) is 0 Å². The number of esters is 3. The minimum absolute atomic E-state index is 0.0931. The molecule has 1 unspecified atom stereocenters. The Morgan fingerprint density at radius 2 is 0.519 bits per heavy atom. The summed E-state index contributed by atoms with van der Waals surface area (Å²) < 4.78 is 16.9. The molecule has 6 heteroatoms. The molecule has 0 aliphatic heterocycles. The molecule has 0 saturated heterocycles. The molecule has 0 saturated carbocycles. The summed E-state index contributed by atoms with van der Waals surface area (Å²) in [7, 11) is 0. The maximum absolute atomic E-state index is 12.9. The van der Waals surface area contributed by atoms with E-state index in [1.807, 2.05) is 0 Å². The van der Waals surface area contributed by atoms with Gasteiger partial charge in [-0.2, -0.15) is 0 Å². The molecule has 0 aromatic rings. The molecule has 0 aromatic carbocycles. The quantitative estimate of drug-likeness (QED) is 0.0261. The first-order valence-electron chi connectivity index (χ1n) is 31.7. The third-order valence-corrected chi connectivity index (χ3v) is 13.1. The maximum Gasteiger partial charge on any atom is 0.306 e. The Kier molecular flexibility index (Phi) is 60.4. The van der Waals surface area contributed by atoms with E-state index in [0.29, 0.717) is 19.3 Å². The second kappa shape index (κ2) is 64.1. The molecule has 0 fully saturated rings. The van der Waals surface area contributed by atoms with Crippen molar-refractivity contribution in [3.8, 4) is 0 Å². The van der Waals surface area contributed by atoms with Crippen LogP contribution in [0.3, 0.4) is 0 Å². The highest BCUT2D eigenvalue weighted by Crippen LogP contribution is 2.14. The average Bonchev–Trinajstić information content (AvgIpc) is 3.43. The second-order valence-electron chi connectivity index (χ2n) is 20.6. The van der Waals surface area contributed by atoms with E-state index in [1.165, 1.54) is 89.9 Å². The molecule has 0 spiro atoms. The summed E-state index contributed by atoms with van der Waals surface area (Å²) in [5.41, 5.74) is 0. The fourth-order valence-electron chi connectivity index (χ4n) is 8.35. The van der Waals surface area contributed by atoms with Crippen molar-refractivity contribution in [2.75, 3.05) is 13.2 Å². The van der Waals surface area contributed by atoms with Gasteiger partial charge in [0.2, 0.25) is 0 Å². The number of hydrogen-bond donors (Lipinski definition) is 0. The zero-order valence-corrected chi connectivity index (χ0v) is 49.9.